The van der Waals surface area contributed by atoms with E-state index in [1.54, 1.807) is 19.2 Å². The fourth-order valence-electron chi connectivity index (χ4n) is 3.87. The summed E-state index contributed by atoms with van der Waals surface area (Å²) in [5.41, 5.74) is 3.27. The van der Waals surface area contributed by atoms with Crippen LogP contribution in [-0.2, 0) is 11.3 Å². The van der Waals surface area contributed by atoms with Crippen LogP contribution in [0, 0.1) is 0 Å². The molecule has 2 aromatic carbocycles. The quantitative estimate of drug-likeness (QED) is 0.486. The predicted molar refractivity (Wildman–Crippen MR) is 121 cm³/mol. The first kappa shape index (κ1) is 21.1. The van der Waals surface area contributed by atoms with Crippen LogP contribution in [0.2, 0.25) is 15.1 Å². The highest BCUT2D eigenvalue weighted by atomic mass is 35.5. The molecule has 0 saturated carbocycles. The first-order valence-corrected chi connectivity index (χ1v) is 10.9. The Labute approximate surface area is 189 Å². The van der Waals surface area contributed by atoms with E-state index in [4.69, 9.17) is 44.5 Å². The number of hydrogen-bond acceptors (Lipinski definition) is 4. The van der Waals surface area contributed by atoms with Gasteiger partial charge >= 0.3 is 6.09 Å². The zero-order chi connectivity index (χ0) is 21.4. The summed E-state index contributed by atoms with van der Waals surface area (Å²) in [6.45, 7) is 3.52. The maximum atomic E-state index is 11.9. The number of nitrogens with one attached hydrogen (secondary N) is 1. The minimum absolute atomic E-state index is 0.417. The molecule has 0 saturated heterocycles. The van der Waals surface area contributed by atoms with Crippen molar-refractivity contribution in [2.24, 2.45) is 0 Å². The fraction of sp³-hybridized carbons (Fsp3) is 0.333. The number of nitrogens with zero attached hydrogens (tertiary/aromatic N) is 3. The van der Waals surface area contributed by atoms with Gasteiger partial charge in [0.15, 0.2) is 0 Å². The van der Waals surface area contributed by atoms with Crippen LogP contribution >= 0.6 is 34.8 Å². The molecule has 0 bridgehead atoms. The fourth-order valence-corrected chi connectivity index (χ4v) is 4.57. The summed E-state index contributed by atoms with van der Waals surface area (Å²) in [4.78, 5) is 18.8. The molecule has 6 nitrogen and oxygen atoms in total. The van der Waals surface area contributed by atoms with Crippen molar-refractivity contribution < 1.29 is 9.53 Å². The van der Waals surface area contributed by atoms with Crippen LogP contribution in [0.5, 0.6) is 0 Å². The molecule has 0 fully saturated rings. The molecule has 4 rings (SSSR count). The topological polar surface area (TPSA) is 59.4 Å². The molecule has 2 heterocycles. The van der Waals surface area contributed by atoms with Gasteiger partial charge in [-0.25, -0.2) is 9.78 Å². The summed E-state index contributed by atoms with van der Waals surface area (Å²) in [6, 6.07) is 9.14. The second-order valence-corrected chi connectivity index (χ2v) is 8.30. The number of imidazole rings is 1. The Morgan fingerprint density at radius 2 is 2.00 bits per heavy atom. The molecule has 1 aliphatic rings. The highest BCUT2D eigenvalue weighted by Gasteiger charge is 2.28. The van der Waals surface area contributed by atoms with Gasteiger partial charge in [0.2, 0.25) is 5.95 Å². The van der Waals surface area contributed by atoms with Crippen molar-refractivity contribution in [3.63, 3.8) is 0 Å². The molecular weight excluding hydrogens is 447 g/mol. The molecular formula is C21H21Cl3N4O2. The molecule has 0 aliphatic carbocycles. The van der Waals surface area contributed by atoms with E-state index >= 15 is 0 Å². The van der Waals surface area contributed by atoms with Crippen LogP contribution in [-0.4, -0.2) is 29.2 Å². The molecule has 0 radical (unpaired) electrons. The third-order valence-corrected chi connectivity index (χ3v) is 6.08. The zero-order valence-electron chi connectivity index (χ0n) is 16.6. The van der Waals surface area contributed by atoms with Crippen LogP contribution in [0.15, 0.2) is 30.3 Å². The maximum absolute atomic E-state index is 11.9. The molecule has 158 valence electrons. The van der Waals surface area contributed by atoms with E-state index in [-0.39, 0.29) is 0 Å². The Bertz CT molecular complexity index is 1120. The Hall–Kier alpha value is -2.15. The standard InChI is InChI=1S/C21H21Cl3N4O2/c1-3-17(30-21(29)25-2)13-6-7-14(23)18-19(13)28-10-4-9-27(20(28)26-18)16-8-5-12(22)11-15(16)24/h5-8,11,17H,3-4,9-10H2,1-2H3,(H,25,29). The lowest BCUT2D eigenvalue weighted by Gasteiger charge is -2.30. The van der Waals surface area contributed by atoms with Crippen molar-refractivity contribution in [2.75, 3.05) is 18.5 Å². The number of fused-ring (bicyclic) bond motifs is 3. The summed E-state index contributed by atoms with van der Waals surface area (Å²) < 4.78 is 7.73. The molecule has 0 spiro atoms. The summed E-state index contributed by atoms with van der Waals surface area (Å²) in [6.07, 6.45) is 0.631. The normalized spacial score (nSPS) is 14.5. The smallest absolute Gasteiger partial charge is 0.407 e. The third-order valence-electron chi connectivity index (χ3n) is 5.23. The highest BCUT2D eigenvalue weighted by molar-refractivity contribution is 6.36. The first-order chi connectivity index (χ1) is 14.4. The lowest BCUT2D eigenvalue weighted by molar-refractivity contribution is 0.0976. The monoisotopic (exact) mass is 466 g/mol. The van der Waals surface area contributed by atoms with E-state index in [1.807, 2.05) is 25.1 Å². The summed E-state index contributed by atoms with van der Waals surface area (Å²) in [5, 5.41) is 4.20. The average molecular weight is 468 g/mol. The predicted octanol–water partition coefficient (Wildman–Crippen LogP) is 6.35. The number of alkyl carbamates (subject to hydrolysis) is 1. The molecule has 1 atom stereocenters. The van der Waals surface area contributed by atoms with Crippen LogP contribution in [0.25, 0.3) is 11.0 Å². The zero-order valence-corrected chi connectivity index (χ0v) is 18.9. The number of aryl methyl sites for hydroxylation is 1. The van der Waals surface area contributed by atoms with Gasteiger partial charge in [0, 0.05) is 30.7 Å². The molecule has 1 amide bonds. The van der Waals surface area contributed by atoms with E-state index in [0.717, 1.165) is 42.2 Å². The van der Waals surface area contributed by atoms with Crippen molar-refractivity contribution in [1.82, 2.24) is 14.9 Å². The lowest BCUT2D eigenvalue weighted by Crippen LogP contribution is -2.28. The summed E-state index contributed by atoms with van der Waals surface area (Å²) >= 11 is 19.1. The third kappa shape index (κ3) is 3.68. The van der Waals surface area contributed by atoms with Crippen molar-refractivity contribution in [3.05, 3.63) is 51.0 Å². The van der Waals surface area contributed by atoms with Crippen molar-refractivity contribution >= 4 is 63.6 Å². The van der Waals surface area contributed by atoms with Gasteiger partial charge in [-0.15, -0.1) is 0 Å². The van der Waals surface area contributed by atoms with Gasteiger partial charge in [-0.1, -0.05) is 47.8 Å². The van der Waals surface area contributed by atoms with Crippen molar-refractivity contribution in [1.29, 1.82) is 0 Å². The minimum Gasteiger partial charge on any atom is -0.441 e. The van der Waals surface area contributed by atoms with Crippen molar-refractivity contribution in [3.8, 4) is 0 Å². The number of carbonyl (C=O) groups is 1. The molecule has 1 aromatic heterocycles. The van der Waals surface area contributed by atoms with Gasteiger partial charge in [-0.05, 0) is 37.1 Å². The van der Waals surface area contributed by atoms with E-state index in [0.29, 0.717) is 27.0 Å². The maximum Gasteiger partial charge on any atom is 0.407 e. The number of anilines is 2. The van der Waals surface area contributed by atoms with Gasteiger partial charge in [-0.3, -0.25) is 0 Å². The molecule has 30 heavy (non-hydrogen) atoms. The van der Waals surface area contributed by atoms with E-state index in [2.05, 4.69) is 14.8 Å². The highest BCUT2D eigenvalue weighted by Crippen LogP contribution is 2.41. The van der Waals surface area contributed by atoms with Gasteiger partial charge in [0.05, 0.1) is 21.2 Å². The molecule has 1 N–H and O–H groups in total. The lowest BCUT2D eigenvalue weighted by atomic mass is 10.0. The van der Waals surface area contributed by atoms with Gasteiger partial charge in [0.1, 0.15) is 11.6 Å². The summed E-state index contributed by atoms with van der Waals surface area (Å²) in [7, 11) is 1.54. The van der Waals surface area contributed by atoms with Crippen LogP contribution in [0.1, 0.15) is 31.4 Å². The second kappa shape index (κ2) is 8.53. The number of carbonyl (C=O) groups excluding carboxylic acids is 1. The van der Waals surface area contributed by atoms with Gasteiger partial charge in [0.25, 0.3) is 0 Å². The van der Waals surface area contributed by atoms with Crippen LogP contribution in [0.3, 0.4) is 0 Å². The second-order valence-electron chi connectivity index (χ2n) is 7.05. The van der Waals surface area contributed by atoms with Gasteiger partial charge in [-0.2, -0.15) is 0 Å². The van der Waals surface area contributed by atoms with Crippen molar-refractivity contribution in [2.45, 2.75) is 32.4 Å². The molecule has 9 heteroatoms. The molecule has 1 aliphatic heterocycles. The number of halogens is 3. The Kier molecular flexibility index (Phi) is 6.00. The number of aromatic nitrogens is 2. The SMILES string of the molecule is CCC(OC(=O)NC)c1ccc(Cl)c2nc3n(c12)CCCN3c1ccc(Cl)cc1Cl. The van der Waals surface area contributed by atoms with Gasteiger partial charge < -0.3 is 19.5 Å². The number of ether oxygens (including phenoxy) is 1. The van der Waals surface area contributed by atoms with E-state index in [1.165, 1.54) is 0 Å². The first-order valence-electron chi connectivity index (χ1n) is 9.74. The van der Waals surface area contributed by atoms with Crippen LogP contribution in [0.4, 0.5) is 16.4 Å². The number of amides is 1. The number of hydrogen-bond donors (Lipinski definition) is 1. The molecule has 3 aromatic rings. The molecule has 1 unspecified atom stereocenters. The number of benzene rings is 2. The Morgan fingerprint density at radius 1 is 1.20 bits per heavy atom. The number of rotatable bonds is 4. The Balaban J connectivity index is 1.88. The average Bonchev–Trinajstić information content (AvgIpc) is 3.13. The van der Waals surface area contributed by atoms with E-state index in [9.17, 15) is 4.79 Å². The van der Waals surface area contributed by atoms with E-state index < -0.39 is 12.2 Å². The minimum atomic E-state index is -0.474. The largest absolute Gasteiger partial charge is 0.441 e. The van der Waals surface area contributed by atoms with Crippen LogP contribution < -0.4 is 10.2 Å². The Morgan fingerprint density at radius 3 is 2.70 bits per heavy atom. The summed E-state index contributed by atoms with van der Waals surface area (Å²) in [5.74, 6) is 0.754.